The quantitative estimate of drug-likeness (QED) is 0.185. The highest BCUT2D eigenvalue weighted by Crippen LogP contribution is 2.35. The van der Waals surface area contributed by atoms with Gasteiger partial charge in [-0.15, -0.1) is 0 Å². The molecule has 5 rings (SSSR count). The van der Waals surface area contributed by atoms with Crippen LogP contribution in [0, 0.1) is 6.92 Å². The average molecular weight is 647 g/mol. The summed E-state index contributed by atoms with van der Waals surface area (Å²) in [5.74, 6) is -0.272. The number of halogens is 2. The summed E-state index contributed by atoms with van der Waals surface area (Å²) in [4.78, 5) is 43.6. The van der Waals surface area contributed by atoms with Crippen molar-refractivity contribution in [1.82, 2.24) is 15.6 Å². The molecule has 0 saturated carbocycles. The fourth-order valence-electron chi connectivity index (χ4n) is 4.92. The Morgan fingerprint density at radius 2 is 1.87 bits per heavy atom. The van der Waals surface area contributed by atoms with Crippen LogP contribution >= 0.6 is 23.2 Å². The zero-order valence-electron chi connectivity index (χ0n) is 24.9. The Bertz CT molecular complexity index is 1750. The van der Waals surface area contributed by atoms with Crippen molar-refractivity contribution in [1.29, 1.82) is 0 Å². The molecule has 1 saturated heterocycles. The fraction of sp³-hybridized carbons (Fsp3) is 0.235. The summed E-state index contributed by atoms with van der Waals surface area (Å²) >= 11 is 13.2. The molecular formula is C34H33Cl2N5O4. The topological polar surface area (TPSA) is 113 Å². The summed E-state index contributed by atoms with van der Waals surface area (Å²) in [6.45, 7) is 2.58. The van der Waals surface area contributed by atoms with Crippen LogP contribution in [0.4, 0.5) is 11.4 Å². The normalized spacial score (nSPS) is 14.4. The molecule has 1 fully saturated rings. The number of carbonyl (C=O) groups is 3. The van der Waals surface area contributed by atoms with Crippen LogP contribution in [0.15, 0.2) is 72.8 Å². The molecule has 2 heterocycles. The molecule has 3 amide bonds. The summed E-state index contributed by atoms with van der Waals surface area (Å²) in [6.07, 6.45) is 4.79. The van der Waals surface area contributed by atoms with Gasteiger partial charge in [0.1, 0.15) is 17.9 Å². The summed E-state index contributed by atoms with van der Waals surface area (Å²) < 4.78 is 6.08. The first kappa shape index (κ1) is 32.0. The van der Waals surface area contributed by atoms with E-state index in [1.54, 1.807) is 49.5 Å². The van der Waals surface area contributed by atoms with Crippen molar-refractivity contribution in [2.75, 3.05) is 30.4 Å². The number of aryl methyl sites for hydroxylation is 1. The van der Waals surface area contributed by atoms with Crippen LogP contribution in [0.1, 0.15) is 29.7 Å². The van der Waals surface area contributed by atoms with E-state index < -0.39 is 5.91 Å². The number of rotatable bonds is 10. The van der Waals surface area contributed by atoms with Crippen molar-refractivity contribution in [2.45, 2.75) is 32.4 Å². The second-order valence-electron chi connectivity index (χ2n) is 10.7. The molecule has 1 aliphatic rings. The molecule has 11 heteroatoms. The highest BCUT2D eigenvalue weighted by molar-refractivity contribution is 6.38. The third kappa shape index (κ3) is 7.99. The molecule has 0 aliphatic carbocycles. The van der Waals surface area contributed by atoms with Crippen molar-refractivity contribution in [3.8, 4) is 5.75 Å². The van der Waals surface area contributed by atoms with Gasteiger partial charge in [0.2, 0.25) is 17.7 Å². The fourth-order valence-corrected chi connectivity index (χ4v) is 5.53. The van der Waals surface area contributed by atoms with Gasteiger partial charge in [0.05, 0.1) is 23.3 Å². The van der Waals surface area contributed by atoms with Crippen molar-refractivity contribution in [3.63, 3.8) is 0 Å². The van der Waals surface area contributed by atoms with Gasteiger partial charge < -0.3 is 25.6 Å². The second kappa shape index (κ2) is 14.6. The lowest BCUT2D eigenvalue weighted by Gasteiger charge is -2.21. The number of anilines is 2. The van der Waals surface area contributed by atoms with E-state index >= 15 is 0 Å². The Morgan fingerprint density at radius 3 is 2.62 bits per heavy atom. The number of amides is 3. The van der Waals surface area contributed by atoms with Crippen LogP contribution in [-0.2, 0) is 21.0 Å². The van der Waals surface area contributed by atoms with E-state index in [-0.39, 0.29) is 36.0 Å². The minimum atomic E-state index is -0.434. The molecule has 0 bridgehead atoms. The number of para-hydroxylation sites is 1. The van der Waals surface area contributed by atoms with E-state index in [1.807, 2.05) is 37.3 Å². The summed E-state index contributed by atoms with van der Waals surface area (Å²) in [5.41, 5.74) is 4.00. The van der Waals surface area contributed by atoms with Crippen molar-refractivity contribution in [3.05, 3.63) is 99.7 Å². The molecule has 3 aromatic carbocycles. The van der Waals surface area contributed by atoms with Gasteiger partial charge in [-0.1, -0.05) is 53.5 Å². The maximum atomic E-state index is 13.0. The number of hydrogen-bond acceptors (Lipinski definition) is 6. The Balaban J connectivity index is 1.15. The molecule has 9 nitrogen and oxygen atoms in total. The largest absolute Gasteiger partial charge is 0.487 e. The molecule has 232 valence electrons. The SMILES string of the molecule is Cc1ccc2cccc(OCc3c(Cl)ccc(N(C)C(=O)CNC(=O)/C=C/c4ccc(NC(=O)[C@@H]5CCCN5)cc4)c3Cl)c2n1. The van der Waals surface area contributed by atoms with Gasteiger partial charge in [0.25, 0.3) is 0 Å². The monoisotopic (exact) mass is 645 g/mol. The Morgan fingerprint density at radius 1 is 1.07 bits per heavy atom. The Hall–Kier alpha value is -4.44. The van der Waals surface area contributed by atoms with E-state index in [0.717, 1.165) is 41.5 Å². The molecule has 3 N–H and O–H groups in total. The van der Waals surface area contributed by atoms with Crippen molar-refractivity contribution >= 4 is 69.3 Å². The zero-order chi connectivity index (χ0) is 31.9. The minimum absolute atomic E-state index is 0.0530. The summed E-state index contributed by atoms with van der Waals surface area (Å²) in [7, 11) is 1.57. The van der Waals surface area contributed by atoms with Gasteiger partial charge in [0, 0.05) is 40.5 Å². The van der Waals surface area contributed by atoms with E-state index in [4.69, 9.17) is 27.9 Å². The summed E-state index contributed by atoms with van der Waals surface area (Å²) in [6, 6.07) is 19.9. The third-order valence-electron chi connectivity index (χ3n) is 7.49. The smallest absolute Gasteiger partial charge is 0.246 e. The van der Waals surface area contributed by atoms with Crippen LogP contribution in [0.5, 0.6) is 5.75 Å². The maximum absolute atomic E-state index is 13.0. The highest BCUT2D eigenvalue weighted by Gasteiger charge is 2.22. The molecule has 4 aromatic rings. The van der Waals surface area contributed by atoms with Gasteiger partial charge in [0.15, 0.2) is 0 Å². The van der Waals surface area contributed by atoms with Crippen molar-refractivity contribution < 1.29 is 19.1 Å². The zero-order valence-corrected chi connectivity index (χ0v) is 26.4. The molecule has 1 atom stereocenters. The summed E-state index contributed by atoms with van der Waals surface area (Å²) in [5, 5.41) is 10.3. The van der Waals surface area contributed by atoms with Crippen LogP contribution in [-0.4, -0.2) is 48.9 Å². The van der Waals surface area contributed by atoms with E-state index in [9.17, 15) is 14.4 Å². The highest BCUT2D eigenvalue weighted by atomic mass is 35.5. The van der Waals surface area contributed by atoms with Crippen LogP contribution in [0.3, 0.4) is 0 Å². The number of likely N-dealkylation sites (N-methyl/N-ethyl adjacent to an activating group) is 1. The lowest BCUT2D eigenvalue weighted by atomic mass is 10.1. The molecule has 0 spiro atoms. The number of aromatic nitrogens is 1. The van der Waals surface area contributed by atoms with Gasteiger partial charge in [-0.05, 0) is 74.3 Å². The molecule has 1 aromatic heterocycles. The number of pyridine rings is 1. The average Bonchev–Trinajstić information content (AvgIpc) is 3.59. The third-order valence-corrected chi connectivity index (χ3v) is 8.27. The number of nitrogens with one attached hydrogen (secondary N) is 3. The van der Waals surface area contributed by atoms with Crippen LogP contribution in [0.25, 0.3) is 17.0 Å². The number of carbonyl (C=O) groups excluding carboxylic acids is 3. The van der Waals surface area contributed by atoms with Crippen LogP contribution < -0.4 is 25.6 Å². The Kier molecular flexibility index (Phi) is 10.3. The predicted molar refractivity (Wildman–Crippen MR) is 179 cm³/mol. The molecule has 45 heavy (non-hydrogen) atoms. The first-order valence-corrected chi connectivity index (χ1v) is 15.3. The van der Waals surface area contributed by atoms with Gasteiger partial charge >= 0.3 is 0 Å². The first-order chi connectivity index (χ1) is 21.7. The van der Waals surface area contributed by atoms with Gasteiger partial charge in [-0.2, -0.15) is 0 Å². The Labute approximate surface area is 271 Å². The number of fused-ring (bicyclic) bond motifs is 1. The number of ether oxygens (including phenoxy) is 1. The number of benzene rings is 3. The first-order valence-electron chi connectivity index (χ1n) is 14.5. The van der Waals surface area contributed by atoms with Crippen LogP contribution in [0.2, 0.25) is 10.0 Å². The number of hydrogen-bond donors (Lipinski definition) is 3. The predicted octanol–water partition coefficient (Wildman–Crippen LogP) is 5.91. The lowest BCUT2D eigenvalue weighted by molar-refractivity contribution is -0.122. The van der Waals surface area contributed by atoms with E-state index in [1.165, 1.54) is 11.0 Å². The van der Waals surface area contributed by atoms with E-state index in [0.29, 0.717) is 27.7 Å². The van der Waals surface area contributed by atoms with E-state index in [2.05, 4.69) is 20.9 Å². The lowest BCUT2D eigenvalue weighted by Crippen LogP contribution is -2.37. The van der Waals surface area contributed by atoms with Crippen molar-refractivity contribution in [2.24, 2.45) is 0 Å². The second-order valence-corrected chi connectivity index (χ2v) is 11.5. The molecule has 0 radical (unpaired) electrons. The minimum Gasteiger partial charge on any atom is -0.487 e. The molecule has 1 aliphatic heterocycles. The van der Waals surface area contributed by atoms with Gasteiger partial charge in [-0.3, -0.25) is 14.4 Å². The maximum Gasteiger partial charge on any atom is 0.246 e. The standard InChI is InChI=1S/C34H33Cl2N5O4/c1-21-8-12-23-5-3-7-29(33(23)39-21)45-20-25-26(35)15-16-28(32(25)36)41(2)31(43)19-38-30(42)17-11-22-9-13-24(14-10-22)40-34(44)27-6-4-18-37-27/h3,5,7-17,27,37H,4,6,18-20H2,1-2H3,(H,38,42)(H,40,44)/b17-11+/t27-/m0/s1. The molecular weight excluding hydrogens is 613 g/mol. The number of nitrogens with zero attached hydrogens (tertiary/aromatic N) is 2. The van der Waals surface area contributed by atoms with Gasteiger partial charge in [-0.25, -0.2) is 4.98 Å². The molecule has 0 unspecified atom stereocenters.